The van der Waals surface area contributed by atoms with Crippen molar-refractivity contribution in [3.63, 3.8) is 0 Å². The van der Waals surface area contributed by atoms with E-state index in [0.717, 1.165) is 17.7 Å². The third-order valence-corrected chi connectivity index (χ3v) is 6.62. The number of esters is 1. The first-order chi connectivity index (χ1) is 11.8. The van der Waals surface area contributed by atoms with Gasteiger partial charge in [-0.3, -0.25) is 4.31 Å². The van der Waals surface area contributed by atoms with Gasteiger partial charge in [-0.25, -0.2) is 17.6 Å². The normalized spacial score (nSPS) is 16.6. The SMILES string of the molecule is COC(=O)c1cc(S(=O)(=O)N2CC(C)c3ccccc32)c(F)cc1Br. The lowest BCUT2D eigenvalue weighted by molar-refractivity contribution is 0.0599. The molecule has 0 aliphatic carbocycles. The number of carbonyl (C=O) groups excluding carboxylic acids is 1. The van der Waals surface area contributed by atoms with Gasteiger partial charge in [0.1, 0.15) is 10.7 Å². The first-order valence-electron chi connectivity index (χ1n) is 7.46. The van der Waals surface area contributed by atoms with Gasteiger partial charge in [-0.15, -0.1) is 0 Å². The van der Waals surface area contributed by atoms with Crippen molar-refractivity contribution in [1.29, 1.82) is 0 Å². The number of hydrogen-bond donors (Lipinski definition) is 0. The van der Waals surface area contributed by atoms with Crippen LogP contribution in [0.15, 0.2) is 45.8 Å². The zero-order valence-electron chi connectivity index (χ0n) is 13.5. The van der Waals surface area contributed by atoms with E-state index in [4.69, 9.17) is 0 Å². The highest BCUT2D eigenvalue weighted by molar-refractivity contribution is 9.10. The maximum absolute atomic E-state index is 14.4. The zero-order valence-corrected chi connectivity index (χ0v) is 15.9. The molecule has 0 spiro atoms. The van der Waals surface area contributed by atoms with Crippen LogP contribution in [-0.4, -0.2) is 28.0 Å². The topological polar surface area (TPSA) is 63.7 Å². The molecule has 2 aromatic rings. The van der Waals surface area contributed by atoms with Crippen LogP contribution < -0.4 is 4.31 Å². The van der Waals surface area contributed by atoms with E-state index in [1.807, 2.05) is 19.1 Å². The predicted octanol–water partition coefficient (Wildman–Crippen LogP) is 3.69. The Morgan fingerprint density at radius 1 is 1.32 bits per heavy atom. The third-order valence-electron chi connectivity index (χ3n) is 4.17. The Labute approximate surface area is 153 Å². The maximum atomic E-state index is 14.4. The van der Waals surface area contributed by atoms with E-state index in [1.54, 1.807) is 12.1 Å². The average molecular weight is 428 g/mol. The molecule has 2 aromatic carbocycles. The third kappa shape index (κ3) is 2.93. The van der Waals surface area contributed by atoms with E-state index in [1.165, 1.54) is 11.4 Å². The monoisotopic (exact) mass is 427 g/mol. The summed E-state index contributed by atoms with van der Waals surface area (Å²) >= 11 is 3.06. The second kappa shape index (κ2) is 6.42. The highest BCUT2D eigenvalue weighted by atomic mass is 79.9. The summed E-state index contributed by atoms with van der Waals surface area (Å²) in [6.45, 7) is 2.12. The van der Waals surface area contributed by atoms with E-state index in [2.05, 4.69) is 20.7 Å². The number of benzene rings is 2. The second-order valence-corrected chi connectivity index (χ2v) is 8.44. The minimum absolute atomic E-state index is 0.00966. The van der Waals surface area contributed by atoms with Crippen LogP contribution in [0.1, 0.15) is 28.8 Å². The molecular weight excluding hydrogens is 413 g/mol. The minimum Gasteiger partial charge on any atom is -0.465 e. The van der Waals surface area contributed by atoms with E-state index in [9.17, 15) is 17.6 Å². The molecule has 1 atom stereocenters. The van der Waals surface area contributed by atoms with Gasteiger partial charge in [0.15, 0.2) is 0 Å². The van der Waals surface area contributed by atoms with Crippen molar-refractivity contribution in [2.75, 3.05) is 18.0 Å². The quantitative estimate of drug-likeness (QED) is 0.700. The molecule has 0 N–H and O–H groups in total. The average Bonchev–Trinajstić information content (AvgIpc) is 2.92. The zero-order chi connectivity index (χ0) is 18.4. The Bertz CT molecular complexity index is 961. The summed E-state index contributed by atoms with van der Waals surface area (Å²) in [4.78, 5) is 11.3. The highest BCUT2D eigenvalue weighted by Gasteiger charge is 2.36. The minimum atomic E-state index is -4.17. The first-order valence-corrected chi connectivity index (χ1v) is 9.69. The van der Waals surface area contributed by atoms with Crippen LogP contribution in [0, 0.1) is 5.82 Å². The molecule has 25 heavy (non-hydrogen) atoms. The molecule has 8 heteroatoms. The molecule has 0 fully saturated rings. The summed E-state index contributed by atoms with van der Waals surface area (Å²) in [6, 6.07) is 9.08. The van der Waals surface area contributed by atoms with Crippen molar-refractivity contribution in [3.05, 3.63) is 57.8 Å². The van der Waals surface area contributed by atoms with Gasteiger partial charge >= 0.3 is 5.97 Å². The van der Waals surface area contributed by atoms with E-state index in [-0.39, 0.29) is 22.5 Å². The standard InChI is InChI=1S/C17H15BrFNO4S/c1-10-9-20(15-6-4-3-5-11(10)15)25(22,23)16-7-12(17(21)24-2)13(18)8-14(16)19/h3-8,10H,9H2,1-2H3. The van der Waals surface area contributed by atoms with Crippen LogP contribution in [0.3, 0.4) is 0 Å². The van der Waals surface area contributed by atoms with Crippen molar-refractivity contribution in [3.8, 4) is 0 Å². The predicted molar refractivity (Wildman–Crippen MR) is 94.8 cm³/mol. The summed E-state index contributed by atoms with van der Waals surface area (Å²) in [5.74, 6) is -1.69. The molecule has 3 rings (SSSR count). The van der Waals surface area contributed by atoms with Crippen molar-refractivity contribution in [2.45, 2.75) is 17.7 Å². The van der Waals surface area contributed by atoms with Crippen molar-refractivity contribution >= 4 is 37.6 Å². The van der Waals surface area contributed by atoms with Gasteiger partial charge in [0.2, 0.25) is 0 Å². The molecule has 5 nitrogen and oxygen atoms in total. The highest BCUT2D eigenvalue weighted by Crippen LogP contribution is 2.40. The molecular formula is C17H15BrFNO4S. The van der Waals surface area contributed by atoms with Crippen LogP contribution in [0.2, 0.25) is 0 Å². The summed E-state index contributed by atoms with van der Waals surface area (Å²) in [6.07, 6.45) is 0. The van der Waals surface area contributed by atoms with Crippen molar-refractivity contribution in [1.82, 2.24) is 0 Å². The number of methoxy groups -OCH3 is 1. The number of carbonyl (C=O) groups is 1. The van der Waals surface area contributed by atoms with Crippen LogP contribution in [0.5, 0.6) is 0 Å². The van der Waals surface area contributed by atoms with E-state index >= 15 is 0 Å². The lowest BCUT2D eigenvalue weighted by Gasteiger charge is -2.20. The molecule has 0 amide bonds. The number of para-hydroxylation sites is 1. The smallest absolute Gasteiger partial charge is 0.339 e. The lowest BCUT2D eigenvalue weighted by Crippen LogP contribution is -2.30. The van der Waals surface area contributed by atoms with Crippen molar-refractivity contribution < 1.29 is 22.3 Å². The van der Waals surface area contributed by atoms with Gasteiger partial charge in [0.25, 0.3) is 10.0 Å². The maximum Gasteiger partial charge on any atom is 0.339 e. The number of ether oxygens (including phenoxy) is 1. The number of anilines is 1. The molecule has 132 valence electrons. The number of sulfonamides is 1. The Morgan fingerprint density at radius 2 is 2.00 bits per heavy atom. The fourth-order valence-electron chi connectivity index (χ4n) is 2.92. The van der Waals surface area contributed by atoms with Gasteiger partial charge < -0.3 is 4.74 Å². The van der Waals surface area contributed by atoms with Gasteiger partial charge in [-0.05, 0) is 39.7 Å². The first kappa shape index (κ1) is 17.9. The Balaban J connectivity index is 2.15. The second-order valence-electron chi connectivity index (χ2n) is 5.75. The van der Waals surface area contributed by atoms with Crippen molar-refractivity contribution in [2.24, 2.45) is 0 Å². The van der Waals surface area contributed by atoms with E-state index < -0.39 is 26.7 Å². The van der Waals surface area contributed by atoms with Gasteiger partial charge in [0, 0.05) is 16.9 Å². The van der Waals surface area contributed by atoms with Gasteiger partial charge in [-0.1, -0.05) is 25.1 Å². The summed E-state index contributed by atoms with van der Waals surface area (Å²) in [7, 11) is -3.00. The molecule has 1 heterocycles. The number of fused-ring (bicyclic) bond motifs is 1. The Morgan fingerprint density at radius 3 is 2.68 bits per heavy atom. The van der Waals surface area contributed by atoms with Crippen LogP contribution >= 0.6 is 15.9 Å². The molecule has 0 saturated heterocycles. The number of halogens is 2. The van der Waals surface area contributed by atoms with Crippen LogP contribution in [-0.2, 0) is 14.8 Å². The number of rotatable bonds is 3. The summed E-state index contributed by atoms with van der Waals surface area (Å²) in [5, 5.41) is 0. The van der Waals surface area contributed by atoms with Gasteiger partial charge in [-0.2, -0.15) is 0 Å². The fourth-order valence-corrected chi connectivity index (χ4v) is 5.05. The molecule has 1 aliphatic rings. The van der Waals surface area contributed by atoms with E-state index in [0.29, 0.717) is 5.69 Å². The fraction of sp³-hybridized carbons (Fsp3) is 0.235. The molecule has 0 radical (unpaired) electrons. The van der Waals surface area contributed by atoms with Crippen LogP contribution in [0.25, 0.3) is 0 Å². The number of hydrogen-bond acceptors (Lipinski definition) is 4. The molecule has 1 aliphatic heterocycles. The summed E-state index contributed by atoms with van der Waals surface area (Å²) in [5.41, 5.74) is 1.36. The summed E-state index contributed by atoms with van der Waals surface area (Å²) < 4.78 is 46.5. The van der Waals surface area contributed by atoms with Crippen LogP contribution in [0.4, 0.5) is 10.1 Å². The molecule has 0 saturated carbocycles. The Kier molecular flexibility index (Phi) is 4.59. The molecule has 1 unspecified atom stereocenters. The lowest BCUT2D eigenvalue weighted by atomic mass is 10.0. The van der Waals surface area contributed by atoms with Gasteiger partial charge in [0.05, 0.1) is 18.4 Å². The Hall–Kier alpha value is -1.93. The molecule has 0 aromatic heterocycles. The largest absolute Gasteiger partial charge is 0.465 e. The number of nitrogens with zero attached hydrogens (tertiary/aromatic N) is 1. The molecule has 0 bridgehead atoms.